The number of para-hydroxylation sites is 1. The summed E-state index contributed by atoms with van der Waals surface area (Å²) >= 11 is 9.56. The van der Waals surface area contributed by atoms with E-state index in [9.17, 15) is 9.18 Å². The number of carbonyl (C=O) groups is 1. The highest BCUT2D eigenvalue weighted by molar-refractivity contribution is 9.10. The highest BCUT2D eigenvalue weighted by Crippen LogP contribution is 2.32. The Balaban J connectivity index is 2.21. The van der Waals surface area contributed by atoms with Crippen molar-refractivity contribution in [1.82, 2.24) is 9.78 Å². The zero-order chi connectivity index (χ0) is 15.7. The van der Waals surface area contributed by atoms with Crippen LogP contribution in [0.4, 0.5) is 4.39 Å². The summed E-state index contributed by atoms with van der Waals surface area (Å²) in [6.45, 7) is 0. The van der Waals surface area contributed by atoms with Gasteiger partial charge in [0.1, 0.15) is 16.1 Å². The average Bonchev–Trinajstić information content (AvgIpc) is 2.85. The van der Waals surface area contributed by atoms with Crippen LogP contribution in [0.15, 0.2) is 53.1 Å². The molecule has 2 aromatic carbocycles. The first-order valence-corrected chi connectivity index (χ1v) is 7.53. The molecule has 0 atom stereocenters. The third-order valence-corrected chi connectivity index (χ3v) is 4.26. The van der Waals surface area contributed by atoms with E-state index < -0.39 is 0 Å². The van der Waals surface area contributed by atoms with Gasteiger partial charge in [0.15, 0.2) is 6.29 Å². The summed E-state index contributed by atoms with van der Waals surface area (Å²) in [5.41, 5.74) is 2.14. The molecule has 0 radical (unpaired) electrons. The summed E-state index contributed by atoms with van der Waals surface area (Å²) in [7, 11) is 0. The van der Waals surface area contributed by atoms with Crippen LogP contribution in [0, 0.1) is 5.82 Å². The van der Waals surface area contributed by atoms with Gasteiger partial charge in [-0.25, -0.2) is 9.07 Å². The molecule has 0 fully saturated rings. The standard InChI is InChI=1S/C16H9BrClFN2O/c17-16-12(9-22)15(10-5-7-11(19)8-6-10)20-21(16)14-4-2-1-3-13(14)18/h1-9H. The van der Waals surface area contributed by atoms with E-state index in [2.05, 4.69) is 21.0 Å². The first-order valence-electron chi connectivity index (χ1n) is 6.36. The van der Waals surface area contributed by atoms with Crippen LogP contribution in [0.1, 0.15) is 10.4 Å². The van der Waals surface area contributed by atoms with Gasteiger partial charge >= 0.3 is 0 Å². The molecular weight excluding hydrogens is 371 g/mol. The Hall–Kier alpha value is -1.98. The molecule has 6 heteroatoms. The number of hydrogen-bond donors (Lipinski definition) is 0. The van der Waals surface area contributed by atoms with E-state index in [4.69, 9.17) is 11.6 Å². The van der Waals surface area contributed by atoms with Crippen LogP contribution in [0.2, 0.25) is 5.02 Å². The fourth-order valence-corrected chi connectivity index (χ4v) is 2.89. The first kappa shape index (κ1) is 14.9. The fraction of sp³-hybridized carbons (Fsp3) is 0. The summed E-state index contributed by atoms with van der Waals surface area (Å²) in [4.78, 5) is 11.4. The molecule has 0 aliphatic heterocycles. The van der Waals surface area contributed by atoms with Gasteiger partial charge in [0.25, 0.3) is 0 Å². The maximum absolute atomic E-state index is 13.1. The lowest BCUT2D eigenvalue weighted by Gasteiger charge is -2.05. The molecule has 3 rings (SSSR count). The minimum Gasteiger partial charge on any atom is -0.298 e. The molecule has 0 bridgehead atoms. The summed E-state index contributed by atoms with van der Waals surface area (Å²) in [6.07, 6.45) is 0.711. The molecule has 1 heterocycles. The van der Waals surface area contributed by atoms with Gasteiger partial charge in [0.2, 0.25) is 0 Å². The topological polar surface area (TPSA) is 34.9 Å². The molecule has 0 aliphatic rings. The smallest absolute Gasteiger partial charge is 0.155 e. The lowest BCUT2D eigenvalue weighted by Crippen LogP contribution is -1.97. The van der Waals surface area contributed by atoms with E-state index in [1.165, 1.54) is 12.1 Å². The summed E-state index contributed by atoms with van der Waals surface area (Å²) < 4.78 is 15.1. The van der Waals surface area contributed by atoms with Crippen LogP contribution < -0.4 is 0 Å². The number of halogens is 3. The van der Waals surface area contributed by atoms with E-state index >= 15 is 0 Å². The zero-order valence-corrected chi connectivity index (χ0v) is 13.5. The fourth-order valence-electron chi connectivity index (χ4n) is 2.12. The molecule has 0 spiro atoms. The van der Waals surface area contributed by atoms with Crippen LogP contribution in [-0.4, -0.2) is 16.1 Å². The Morgan fingerprint density at radius 3 is 2.45 bits per heavy atom. The third kappa shape index (κ3) is 2.58. The van der Waals surface area contributed by atoms with Crippen molar-refractivity contribution in [3.05, 3.63) is 69.5 Å². The normalized spacial score (nSPS) is 10.7. The molecule has 22 heavy (non-hydrogen) atoms. The van der Waals surface area contributed by atoms with Crippen molar-refractivity contribution in [2.24, 2.45) is 0 Å². The summed E-state index contributed by atoms with van der Waals surface area (Å²) in [5, 5.41) is 4.95. The minimum absolute atomic E-state index is 0.346. The van der Waals surface area contributed by atoms with Crippen molar-refractivity contribution in [2.45, 2.75) is 0 Å². The molecular formula is C16H9BrClFN2O. The number of aldehydes is 1. The largest absolute Gasteiger partial charge is 0.298 e. The number of nitrogens with zero attached hydrogens (tertiary/aromatic N) is 2. The van der Waals surface area contributed by atoms with Gasteiger partial charge in [-0.3, -0.25) is 4.79 Å². The number of carbonyl (C=O) groups excluding carboxylic acids is 1. The highest BCUT2D eigenvalue weighted by atomic mass is 79.9. The van der Waals surface area contributed by atoms with Crippen LogP contribution in [0.5, 0.6) is 0 Å². The Morgan fingerprint density at radius 2 is 1.82 bits per heavy atom. The second kappa shape index (κ2) is 6.02. The molecule has 1 aromatic heterocycles. The molecule has 0 aliphatic carbocycles. The second-order valence-corrected chi connectivity index (χ2v) is 5.70. The quantitative estimate of drug-likeness (QED) is 0.606. The molecule has 0 unspecified atom stereocenters. The monoisotopic (exact) mass is 378 g/mol. The summed E-state index contributed by atoms with van der Waals surface area (Å²) in [5.74, 6) is -0.346. The van der Waals surface area contributed by atoms with Gasteiger partial charge < -0.3 is 0 Å². The van der Waals surface area contributed by atoms with E-state index in [0.717, 1.165) is 0 Å². The van der Waals surface area contributed by atoms with Crippen molar-refractivity contribution < 1.29 is 9.18 Å². The molecule has 3 nitrogen and oxygen atoms in total. The number of benzene rings is 2. The number of rotatable bonds is 3. The lowest BCUT2D eigenvalue weighted by molar-refractivity contribution is 0.112. The zero-order valence-electron chi connectivity index (χ0n) is 11.1. The Bertz CT molecular complexity index is 846. The van der Waals surface area contributed by atoms with Gasteiger partial charge in [-0.15, -0.1) is 0 Å². The van der Waals surface area contributed by atoms with Crippen molar-refractivity contribution in [3.8, 4) is 16.9 Å². The summed E-state index contributed by atoms with van der Waals surface area (Å²) in [6, 6.07) is 13.0. The van der Waals surface area contributed by atoms with Gasteiger partial charge in [0.05, 0.1) is 16.3 Å². The van der Waals surface area contributed by atoms with Crippen molar-refractivity contribution >= 4 is 33.8 Å². The predicted molar refractivity (Wildman–Crippen MR) is 87.1 cm³/mol. The Kier molecular flexibility index (Phi) is 4.09. The Labute approximate surface area is 139 Å². The van der Waals surface area contributed by atoms with Gasteiger partial charge in [-0.05, 0) is 52.3 Å². The number of aromatic nitrogens is 2. The second-order valence-electron chi connectivity index (χ2n) is 4.54. The molecule has 0 saturated heterocycles. The average molecular weight is 380 g/mol. The molecule has 3 aromatic rings. The van der Waals surface area contributed by atoms with Crippen molar-refractivity contribution in [3.63, 3.8) is 0 Å². The highest BCUT2D eigenvalue weighted by Gasteiger charge is 2.19. The van der Waals surface area contributed by atoms with Gasteiger partial charge in [-0.1, -0.05) is 23.7 Å². The maximum Gasteiger partial charge on any atom is 0.155 e. The third-order valence-electron chi connectivity index (χ3n) is 3.18. The van der Waals surface area contributed by atoms with Crippen molar-refractivity contribution in [2.75, 3.05) is 0 Å². The van der Waals surface area contributed by atoms with Crippen LogP contribution in [0.3, 0.4) is 0 Å². The van der Waals surface area contributed by atoms with Gasteiger partial charge in [0, 0.05) is 5.56 Å². The predicted octanol–water partition coefficient (Wildman–Crippen LogP) is 4.91. The Morgan fingerprint density at radius 1 is 1.14 bits per heavy atom. The van der Waals surface area contributed by atoms with Gasteiger partial charge in [-0.2, -0.15) is 5.10 Å². The van der Waals surface area contributed by atoms with E-state index in [-0.39, 0.29) is 5.82 Å². The SMILES string of the molecule is O=Cc1c(-c2ccc(F)cc2)nn(-c2ccccc2Cl)c1Br. The van der Waals surface area contributed by atoms with Crippen LogP contribution in [-0.2, 0) is 0 Å². The van der Waals surface area contributed by atoms with Crippen LogP contribution >= 0.6 is 27.5 Å². The molecule has 0 saturated carbocycles. The maximum atomic E-state index is 13.1. The van der Waals surface area contributed by atoms with E-state index in [1.54, 1.807) is 28.9 Å². The van der Waals surface area contributed by atoms with E-state index in [1.807, 2.05) is 12.1 Å². The molecule has 0 amide bonds. The number of hydrogen-bond acceptors (Lipinski definition) is 2. The van der Waals surface area contributed by atoms with Crippen molar-refractivity contribution in [1.29, 1.82) is 0 Å². The molecule has 0 N–H and O–H groups in total. The lowest BCUT2D eigenvalue weighted by atomic mass is 10.1. The first-order chi connectivity index (χ1) is 10.6. The minimum atomic E-state index is -0.346. The van der Waals surface area contributed by atoms with Crippen LogP contribution in [0.25, 0.3) is 16.9 Å². The molecule has 110 valence electrons. The van der Waals surface area contributed by atoms with E-state index in [0.29, 0.717) is 38.4 Å².